The number of alkyl halides is 2. The summed E-state index contributed by atoms with van der Waals surface area (Å²) in [4.78, 5) is 11.0. The van der Waals surface area contributed by atoms with Gasteiger partial charge in [0.05, 0.1) is 12.6 Å². The van der Waals surface area contributed by atoms with Crippen LogP contribution >= 0.6 is 0 Å². The number of halogens is 2. The highest BCUT2D eigenvalue weighted by molar-refractivity contribution is 5.81. The lowest BCUT2D eigenvalue weighted by Gasteiger charge is -2.16. The largest absolute Gasteiger partial charge is 0.390 e. The third-order valence-electron chi connectivity index (χ3n) is 1.69. The fraction of sp³-hybridized carbons (Fsp3) is 0.875. The van der Waals surface area contributed by atoms with Crippen molar-refractivity contribution in [2.45, 2.75) is 31.7 Å². The monoisotopic (exact) mass is 210 g/mol. The number of aliphatic hydroxyl groups is 1. The lowest BCUT2D eigenvalue weighted by molar-refractivity contribution is -0.125. The zero-order chi connectivity index (χ0) is 11.2. The number of carbonyl (C=O) groups is 1. The van der Waals surface area contributed by atoms with Crippen LogP contribution in [0.15, 0.2) is 0 Å². The van der Waals surface area contributed by atoms with Crippen LogP contribution in [0, 0.1) is 0 Å². The zero-order valence-electron chi connectivity index (χ0n) is 8.09. The molecule has 0 radical (unpaired) electrons. The van der Waals surface area contributed by atoms with E-state index in [4.69, 9.17) is 10.8 Å². The second-order valence-corrected chi connectivity index (χ2v) is 3.13. The normalized spacial score (nSPS) is 13.8. The van der Waals surface area contributed by atoms with Crippen molar-refractivity contribution in [2.75, 3.05) is 13.2 Å². The second-order valence-electron chi connectivity index (χ2n) is 3.13. The van der Waals surface area contributed by atoms with Gasteiger partial charge in [-0.05, 0) is 6.42 Å². The first-order valence-electron chi connectivity index (χ1n) is 4.45. The molecule has 4 N–H and O–H groups in total. The Bertz CT molecular complexity index is 188. The minimum atomic E-state index is -3.28. The molecule has 0 saturated heterocycles. The molecule has 0 saturated carbocycles. The van der Waals surface area contributed by atoms with Crippen LogP contribution in [0.1, 0.15) is 19.8 Å². The molecule has 0 aromatic carbocycles. The molecule has 0 aliphatic rings. The molecule has 0 fully saturated rings. The predicted octanol–water partition coefficient (Wildman–Crippen LogP) is -0.142. The van der Waals surface area contributed by atoms with Crippen LogP contribution in [0.5, 0.6) is 0 Å². The summed E-state index contributed by atoms with van der Waals surface area (Å²) in [6.45, 7) is -0.314. The van der Waals surface area contributed by atoms with E-state index in [1.165, 1.54) is 0 Å². The average Bonchev–Trinajstić information content (AvgIpc) is 2.15. The first kappa shape index (κ1) is 13.2. The molecule has 1 atom stereocenters. The van der Waals surface area contributed by atoms with Crippen molar-refractivity contribution in [3.63, 3.8) is 0 Å². The highest BCUT2D eigenvalue weighted by Crippen LogP contribution is 2.09. The summed E-state index contributed by atoms with van der Waals surface area (Å²) in [5.74, 6) is -3.89. The minimum absolute atomic E-state index is 0.455. The molecule has 14 heavy (non-hydrogen) atoms. The second kappa shape index (κ2) is 5.87. The molecule has 0 aliphatic heterocycles. The van der Waals surface area contributed by atoms with Crippen LogP contribution in [0.25, 0.3) is 0 Å². The SMILES string of the molecule is CCCC(N)C(=O)NCC(F)(F)CO. The quantitative estimate of drug-likeness (QED) is 0.571. The van der Waals surface area contributed by atoms with Crippen molar-refractivity contribution in [3.8, 4) is 0 Å². The summed E-state index contributed by atoms with van der Waals surface area (Å²) in [7, 11) is 0. The summed E-state index contributed by atoms with van der Waals surface area (Å²) in [6.07, 6.45) is 1.17. The Morgan fingerprint density at radius 3 is 2.64 bits per heavy atom. The molecule has 0 bridgehead atoms. The molecule has 4 nitrogen and oxygen atoms in total. The number of amides is 1. The van der Waals surface area contributed by atoms with Crippen molar-refractivity contribution in [1.82, 2.24) is 5.32 Å². The van der Waals surface area contributed by atoms with E-state index in [-0.39, 0.29) is 0 Å². The number of nitrogens with one attached hydrogen (secondary N) is 1. The summed E-state index contributed by atoms with van der Waals surface area (Å²) in [5.41, 5.74) is 5.38. The summed E-state index contributed by atoms with van der Waals surface area (Å²) >= 11 is 0. The van der Waals surface area contributed by atoms with Gasteiger partial charge in [-0.2, -0.15) is 0 Å². The van der Waals surface area contributed by atoms with Gasteiger partial charge in [0, 0.05) is 0 Å². The minimum Gasteiger partial charge on any atom is -0.390 e. The van der Waals surface area contributed by atoms with Crippen molar-refractivity contribution < 1.29 is 18.7 Å². The van der Waals surface area contributed by atoms with Gasteiger partial charge in [0.15, 0.2) is 0 Å². The van der Waals surface area contributed by atoms with Crippen LogP contribution in [0.2, 0.25) is 0 Å². The van der Waals surface area contributed by atoms with Gasteiger partial charge in [-0.1, -0.05) is 13.3 Å². The molecular weight excluding hydrogens is 194 g/mol. The fourth-order valence-corrected chi connectivity index (χ4v) is 0.846. The highest BCUT2D eigenvalue weighted by Gasteiger charge is 2.28. The first-order chi connectivity index (χ1) is 6.43. The maximum atomic E-state index is 12.5. The molecule has 0 spiro atoms. The Morgan fingerprint density at radius 2 is 2.21 bits per heavy atom. The van der Waals surface area contributed by atoms with Gasteiger partial charge in [0.1, 0.15) is 6.61 Å². The molecular formula is C8H16F2N2O2. The van der Waals surface area contributed by atoms with E-state index < -0.39 is 31.0 Å². The Kier molecular flexibility index (Phi) is 5.56. The Balaban J connectivity index is 3.84. The van der Waals surface area contributed by atoms with Crippen LogP contribution in [-0.2, 0) is 4.79 Å². The molecule has 1 amide bonds. The van der Waals surface area contributed by atoms with Crippen LogP contribution in [-0.4, -0.2) is 36.1 Å². The zero-order valence-corrected chi connectivity index (χ0v) is 8.09. The first-order valence-corrected chi connectivity index (χ1v) is 4.45. The third-order valence-corrected chi connectivity index (χ3v) is 1.69. The molecule has 1 unspecified atom stereocenters. The molecule has 6 heteroatoms. The molecule has 0 heterocycles. The van der Waals surface area contributed by atoms with Crippen LogP contribution in [0.4, 0.5) is 8.78 Å². The number of hydrogen-bond donors (Lipinski definition) is 3. The van der Waals surface area contributed by atoms with Gasteiger partial charge in [-0.25, -0.2) is 8.78 Å². The summed E-state index contributed by atoms with van der Waals surface area (Å²) in [5, 5.41) is 10.2. The number of rotatable bonds is 6. The number of hydrogen-bond acceptors (Lipinski definition) is 3. The topological polar surface area (TPSA) is 75.4 Å². The average molecular weight is 210 g/mol. The van der Waals surface area contributed by atoms with E-state index in [1.54, 1.807) is 0 Å². The molecule has 0 aliphatic carbocycles. The molecule has 0 aromatic rings. The van der Waals surface area contributed by atoms with E-state index in [2.05, 4.69) is 0 Å². The van der Waals surface area contributed by atoms with Gasteiger partial charge >= 0.3 is 0 Å². The van der Waals surface area contributed by atoms with Crippen LogP contribution in [0.3, 0.4) is 0 Å². The Hall–Kier alpha value is -0.750. The molecule has 0 rings (SSSR count). The van der Waals surface area contributed by atoms with E-state index in [1.807, 2.05) is 12.2 Å². The van der Waals surface area contributed by atoms with Gasteiger partial charge < -0.3 is 16.2 Å². The Labute approximate surface area is 81.5 Å². The maximum Gasteiger partial charge on any atom is 0.287 e. The highest BCUT2D eigenvalue weighted by atomic mass is 19.3. The Morgan fingerprint density at radius 1 is 1.64 bits per heavy atom. The van der Waals surface area contributed by atoms with Crippen molar-refractivity contribution >= 4 is 5.91 Å². The van der Waals surface area contributed by atoms with Gasteiger partial charge in [-0.15, -0.1) is 0 Å². The van der Waals surface area contributed by atoms with Gasteiger partial charge in [0.25, 0.3) is 5.92 Å². The number of aliphatic hydroxyl groups excluding tert-OH is 1. The third kappa shape index (κ3) is 5.08. The van der Waals surface area contributed by atoms with Crippen molar-refractivity contribution in [1.29, 1.82) is 0 Å². The smallest absolute Gasteiger partial charge is 0.287 e. The van der Waals surface area contributed by atoms with E-state index >= 15 is 0 Å². The lowest BCUT2D eigenvalue weighted by atomic mass is 10.1. The molecule has 0 aromatic heterocycles. The molecule has 84 valence electrons. The van der Waals surface area contributed by atoms with E-state index in [0.29, 0.717) is 12.8 Å². The van der Waals surface area contributed by atoms with E-state index in [0.717, 1.165) is 0 Å². The standard InChI is InChI=1S/C8H16F2N2O2/c1-2-3-6(11)7(14)12-4-8(9,10)5-13/h6,13H,2-5,11H2,1H3,(H,12,14). The van der Waals surface area contributed by atoms with Crippen molar-refractivity contribution in [2.24, 2.45) is 5.73 Å². The summed E-state index contributed by atoms with van der Waals surface area (Å²) in [6, 6.07) is -0.755. The number of nitrogens with two attached hydrogens (primary N) is 1. The van der Waals surface area contributed by atoms with Gasteiger partial charge in [0.2, 0.25) is 5.91 Å². The predicted molar refractivity (Wildman–Crippen MR) is 47.9 cm³/mol. The van der Waals surface area contributed by atoms with Gasteiger partial charge in [-0.3, -0.25) is 4.79 Å². The summed E-state index contributed by atoms with van der Waals surface area (Å²) < 4.78 is 24.9. The van der Waals surface area contributed by atoms with E-state index in [9.17, 15) is 13.6 Å². The lowest BCUT2D eigenvalue weighted by Crippen LogP contribution is -2.46. The maximum absolute atomic E-state index is 12.5. The number of carbonyl (C=O) groups excluding carboxylic acids is 1. The fourth-order valence-electron chi connectivity index (χ4n) is 0.846. The van der Waals surface area contributed by atoms with Crippen molar-refractivity contribution in [3.05, 3.63) is 0 Å². The van der Waals surface area contributed by atoms with Crippen LogP contribution < -0.4 is 11.1 Å².